The second-order valence-electron chi connectivity index (χ2n) is 5.34. The van der Waals surface area contributed by atoms with Crippen LogP contribution in [0.3, 0.4) is 0 Å². The molecular weight excluding hydrogens is 222 g/mol. The molecule has 5 heteroatoms. The third kappa shape index (κ3) is 4.09. The van der Waals surface area contributed by atoms with Crippen molar-refractivity contribution in [2.24, 2.45) is 5.92 Å². The van der Waals surface area contributed by atoms with E-state index < -0.39 is 23.7 Å². The third-order valence-corrected chi connectivity index (χ3v) is 2.38. The van der Waals surface area contributed by atoms with Crippen molar-refractivity contribution in [2.45, 2.75) is 45.8 Å². The van der Waals surface area contributed by atoms with E-state index in [0.29, 0.717) is 6.42 Å². The molecule has 0 saturated carbocycles. The fourth-order valence-corrected chi connectivity index (χ4v) is 1.80. The van der Waals surface area contributed by atoms with Crippen LogP contribution in [0.5, 0.6) is 0 Å². The zero-order chi connectivity index (χ0) is 13.2. The van der Waals surface area contributed by atoms with Gasteiger partial charge in [-0.3, -0.25) is 0 Å². The zero-order valence-electron chi connectivity index (χ0n) is 10.6. The summed E-state index contributed by atoms with van der Waals surface area (Å²) in [4.78, 5) is 22.5. The first-order valence-corrected chi connectivity index (χ1v) is 5.63. The van der Waals surface area contributed by atoms with E-state index in [1.807, 2.05) is 6.92 Å². The Bertz CT molecular complexity index is 354. The summed E-state index contributed by atoms with van der Waals surface area (Å²) in [5, 5.41) is 11.6. The molecule has 0 aromatic heterocycles. The highest BCUT2D eigenvalue weighted by Crippen LogP contribution is 2.24. The molecule has 0 saturated heterocycles. The Morgan fingerprint density at radius 2 is 2.06 bits per heavy atom. The van der Waals surface area contributed by atoms with Crippen molar-refractivity contribution in [1.82, 2.24) is 5.32 Å². The predicted octanol–water partition coefficient (Wildman–Crippen LogP) is 1.93. The summed E-state index contributed by atoms with van der Waals surface area (Å²) >= 11 is 0. The molecule has 0 aliphatic heterocycles. The van der Waals surface area contributed by atoms with E-state index in [1.165, 1.54) is 0 Å². The first kappa shape index (κ1) is 13.5. The van der Waals surface area contributed by atoms with Gasteiger partial charge in [-0.15, -0.1) is 0 Å². The second-order valence-corrected chi connectivity index (χ2v) is 5.34. The molecular formula is C12H19NO4. The number of hydrogen-bond donors (Lipinski definition) is 2. The fraction of sp³-hybridized carbons (Fsp3) is 0.667. The van der Waals surface area contributed by atoms with Crippen LogP contribution in [-0.2, 0) is 9.53 Å². The molecule has 0 aromatic carbocycles. The normalized spacial score (nSPS) is 24.1. The molecule has 2 N–H and O–H groups in total. The molecule has 0 radical (unpaired) electrons. The van der Waals surface area contributed by atoms with E-state index in [9.17, 15) is 9.59 Å². The molecule has 1 aliphatic carbocycles. The van der Waals surface area contributed by atoms with Gasteiger partial charge in [0, 0.05) is 0 Å². The fourth-order valence-electron chi connectivity index (χ4n) is 1.80. The van der Waals surface area contributed by atoms with E-state index in [0.717, 1.165) is 0 Å². The van der Waals surface area contributed by atoms with Gasteiger partial charge in [-0.2, -0.15) is 0 Å². The molecule has 1 unspecified atom stereocenters. The highest BCUT2D eigenvalue weighted by molar-refractivity contribution is 5.89. The number of rotatable bonds is 2. The number of aliphatic carboxylic acids is 1. The summed E-state index contributed by atoms with van der Waals surface area (Å²) in [6, 6.07) is -0.461. The second kappa shape index (κ2) is 4.77. The lowest BCUT2D eigenvalue weighted by Crippen LogP contribution is -2.40. The Balaban J connectivity index is 2.61. The predicted molar refractivity (Wildman–Crippen MR) is 62.7 cm³/mol. The number of nitrogens with one attached hydrogen (secondary N) is 1. The molecule has 0 fully saturated rings. The Labute approximate surface area is 101 Å². The van der Waals surface area contributed by atoms with Crippen LogP contribution in [0.1, 0.15) is 34.1 Å². The average molecular weight is 241 g/mol. The maximum atomic E-state index is 11.5. The van der Waals surface area contributed by atoms with Crippen LogP contribution in [0.25, 0.3) is 0 Å². The van der Waals surface area contributed by atoms with Gasteiger partial charge in [0.2, 0.25) is 0 Å². The molecule has 0 heterocycles. The maximum absolute atomic E-state index is 11.5. The minimum atomic E-state index is -0.990. The van der Waals surface area contributed by atoms with Gasteiger partial charge in [-0.1, -0.05) is 13.0 Å². The number of carboxylic acids is 1. The Kier molecular flexibility index (Phi) is 3.80. The SMILES string of the molecule is CC1C=C(C(=O)O)[C@@H](NC(=O)OC(C)(C)C)C1. The van der Waals surface area contributed by atoms with Crippen molar-refractivity contribution in [2.75, 3.05) is 0 Å². The molecule has 1 aliphatic rings. The molecule has 0 aromatic rings. The van der Waals surface area contributed by atoms with E-state index in [4.69, 9.17) is 9.84 Å². The number of hydrogen-bond acceptors (Lipinski definition) is 3. The number of allylic oxidation sites excluding steroid dienone is 1. The summed E-state index contributed by atoms with van der Waals surface area (Å²) in [5.74, 6) is -0.837. The maximum Gasteiger partial charge on any atom is 0.408 e. The number of ether oxygens (including phenoxy) is 1. The lowest BCUT2D eigenvalue weighted by Gasteiger charge is -2.22. The average Bonchev–Trinajstić information content (AvgIpc) is 2.42. The van der Waals surface area contributed by atoms with Crippen molar-refractivity contribution in [3.05, 3.63) is 11.6 Å². The van der Waals surface area contributed by atoms with Crippen LogP contribution in [0, 0.1) is 5.92 Å². The summed E-state index contributed by atoms with van der Waals surface area (Å²) in [7, 11) is 0. The minimum absolute atomic E-state index is 0.154. The highest BCUT2D eigenvalue weighted by atomic mass is 16.6. The minimum Gasteiger partial charge on any atom is -0.478 e. The van der Waals surface area contributed by atoms with Gasteiger partial charge >= 0.3 is 12.1 Å². The van der Waals surface area contributed by atoms with Crippen LogP contribution >= 0.6 is 0 Å². The van der Waals surface area contributed by atoms with Crippen LogP contribution in [0.15, 0.2) is 11.6 Å². The van der Waals surface area contributed by atoms with Crippen LogP contribution in [0.4, 0.5) is 4.79 Å². The van der Waals surface area contributed by atoms with Gasteiger partial charge in [-0.25, -0.2) is 9.59 Å². The zero-order valence-corrected chi connectivity index (χ0v) is 10.6. The van der Waals surface area contributed by atoms with Gasteiger partial charge in [0.05, 0.1) is 11.6 Å². The van der Waals surface area contributed by atoms with Crippen molar-refractivity contribution in [3.63, 3.8) is 0 Å². The highest BCUT2D eigenvalue weighted by Gasteiger charge is 2.31. The summed E-state index contributed by atoms with van der Waals surface area (Å²) in [6.07, 6.45) is 1.69. The Hall–Kier alpha value is -1.52. The van der Waals surface area contributed by atoms with Crippen LogP contribution < -0.4 is 5.32 Å². The first-order chi connectivity index (χ1) is 7.69. The molecule has 0 bridgehead atoms. The lowest BCUT2D eigenvalue weighted by molar-refractivity contribution is -0.132. The van der Waals surface area contributed by atoms with Gasteiger partial charge in [0.25, 0.3) is 0 Å². The molecule has 17 heavy (non-hydrogen) atoms. The van der Waals surface area contributed by atoms with Crippen molar-refractivity contribution in [1.29, 1.82) is 0 Å². The van der Waals surface area contributed by atoms with Crippen LogP contribution in [0.2, 0.25) is 0 Å². The topological polar surface area (TPSA) is 75.6 Å². The first-order valence-electron chi connectivity index (χ1n) is 5.63. The molecule has 1 rings (SSSR count). The van der Waals surface area contributed by atoms with Gasteiger partial charge in [0.1, 0.15) is 5.60 Å². The standard InChI is InChI=1S/C12H19NO4/c1-7-5-8(10(14)15)9(6-7)13-11(16)17-12(2,3)4/h5,7,9H,6H2,1-4H3,(H,13,16)(H,14,15)/t7?,9-/m0/s1. The van der Waals surface area contributed by atoms with Crippen molar-refractivity contribution >= 4 is 12.1 Å². The quantitative estimate of drug-likeness (QED) is 0.774. The van der Waals surface area contributed by atoms with E-state index >= 15 is 0 Å². The van der Waals surface area contributed by atoms with E-state index in [-0.39, 0.29) is 11.5 Å². The molecule has 5 nitrogen and oxygen atoms in total. The van der Waals surface area contributed by atoms with Gasteiger partial charge in [0.15, 0.2) is 0 Å². The van der Waals surface area contributed by atoms with E-state index in [2.05, 4.69) is 5.32 Å². The van der Waals surface area contributed by atoms with Crippen LogP contribution in [-0.4, -0.2) is 28.8 Å². The number of carboxylic acid groups (broad SMARTS) is 1. The van der Waals surface area contributed by atoms with Gasteiger partial charge in [-0.05, 0) is 33.1 Å². The number of carbonyl (C=O) groups excluding carboxylic acids is 1. The number of alkyl carbamates (subject to hydrolysis) is 1. The molecule has 96 valence electrons. The van der Waals surface area contributed by atoms with Crippen molar-refractivity contribution < 1.29 is 19.4 Å². The largest absolute Gasteiger partial charge is 0.478 e. The molecule has 1 amide bonds. The van der Waals surface area contributed by atoms with E-state index in [1.54, 1.807) is 26.8 Å². The van der Waals surface area contributed by atoms with Gasteiger partial charge < -0.3 is 15.2 Å². The number of carbonyl (C=O) groups is 2. The molecule has 2 atom stereocenters. The molecule has 0 spiro atoms. The summed E-state index contributed by atoms with van der Waals surface area (Å²) < 4.78 is 5.09. The Morgan fingerprint density at radius 3 is 2.53 bits per heavy atom. The van der Waals surface area contributed by atoms with Crippen molar-refractivity contribution in [3.8, 4) is 0 Å². The lowest BCUT2D eigenvalue weighted by atomic mass is 10.1. The Morgan fingerprint density at radius 1 is 1.47 bits per heavy atom. The number of amides is 1. The summed E-state index contributed by atoms with van der Waals surface area (Å²) in [5.41, 5.74) is -0.343. The smallest absolute Gasteiger partial charge is 0.408 e. The monoisotopic (exact) mass is 241 g/mol. The summed E-state index contributed by atoms with van der Waals surface area (Å²) in [6.45, 7) is 7.20. The third-order valence-electron chi connectivity index (χ3n) is 2.38.